The summed E-state index contributed by atoms with van der Waals surface area (Å²) in [6.07, 6.45) is 0.910. The highest BCUT2D eigenvalue weighted by Gasteiger charge is 2.26. The zero-order valence-corrected chi connectivity index (χ0v) is 9.50. The smallest absolute Gasteiger partial charge is 0.407 e. The minimum atomic E-state index is -0.860. The molecular weight excluding hydrogens is 218 g/mol. The fourth-order valence-electron chi connectivity index (χ4n) is 2.53. The highest BCUT2D eigenvalue weighted by molar-refractivity contribution is 5.78. The Kier molecular flexibility index (Phi) is 2.07. The number of carbonyl (C=O) groups is 1. The third kappa shape index (κ3) is 1.46. The molecule has 0 aromatic carbocycles. The van der Waals surface area contributed by atoms with E-state index in [0.717, 1.165) is 16.7 Å². The Morgan fingerprint density at radius 1 is 1.59 bits per heavy atom. The molecule has 0 saturated carbocycles. The van der Waals surface area contributed by atoms with Crippen LogP contribution in [0, 0.1) is 0 Å². The van der Waals surface area contributed by atoms with Crippen LogP contribution in [0.1, 0.15) is 18.7 Å². The van der Waals surface area contributed by atoms with Gasteiger partial charge in [0.05, 0.1) is 12.6 Å². The Labute approximate surface area is 98.3 Å². The molecule has 88 valence electrons. The summed E-state index contributed by atoms with van der Waals surface area (Å²) in [7, 11) is 0. The number of aromatic nitrogens is 2. The average molecular weight is 231 g/mol. The molecule has 2 aromatic heterocycles. The Morgan fingerprint density at radius 2 is 2.41 bits per heavy atom. The van der Waals surface area contributed by atoms with Crippen molar-refractivity contribution in [3.8, 4) is 0 Å². The Bertz CT molecular complexity index is 590. The molecule has 1 N–H and O–H groups in total. The number of hydrogen-bond donors (Lipinski definition) is 1. The highest BCUT2D eigenvalue weighted by Crippen LogP contribution is 2.28. The molecule has 0 spiro atoms. The molecule has 5 heteroatoms. The first-order valence-corrected chi connectivity index (χ1v) is 5.59. The quantitative estimate of drug-likeness (QED) is 0.755. The fourth-order valence-corrected chi connectivity index (χ4v) is 2.53. The van der Waals surface area contributed by atoms with Crippen LogP contribution in [0.2, 0.25) is 0 Å². The normalized spacial score (nSPS) is 19.4. The minimum absolute atomic E-state index is 0.127. The summed E-state index contributed by atoms with van der Waals surface area (Å²) in [6, 6.07) is 6.05. The topological polar surface area (TPSA) is 58.4 Å². The van der Waals surface area contributed by atoms with E-state index in [1.807, 2.05) is 25.1 Å². The van der Waals surface area contributed by atoms with Gasteiger partial charge in [0, 0.05) is 23.8 Å². The molecule has 5 nitrogen and oxygen atoms in total. The average Bonchev–Trinajstić information content (AvgIpc) is 2.67. The van der Waals surface area contributed by atoms with Crippen LogP contribution in [0.4, 0.5) is 4.79 Å². The summed E-state index contributed by atoms with van der Waals surface area (Å²) in [5.41, 5.74) is 1.96. The van der Waals surface area contributed by atoms with Crippen LogP contribution in [0.25, 0.3) is 11.0 Å². The fraction of sp³-hybridized carbons (Fsp3) is 0.333. The lowest BCUT2D eigenvalue weighted by atomic mass is 10.2. The summed E-state index contributed by atoms with van der Waals surface area (Å²) in [6.45, 7) is 2.98. The maximum absolute atomic E-state index is 11.0. The second-order valence-corrected chi connectivity index (χ2v) is 4.43. The summed E-state index contributed by atoms with van der Waals surface area (Å²) < 4.78 is 2.13. The molecule has 1 atom stereocenters. The van der Waals surface area contributed by atoms with Gasteiger partial charge in [-0.2, -0.15) is 0 Å². The molecule has 17 heavy (non-hydrogen) atoms. The molecule has 0 bridgehead atoms. The van der Waals surface area contributed by atoms with Gasteiger partial charge in [-0.25, -0.2) is 9.78 Å². The number of hydrogen-bond acceptors (Lipinski definition) is 2. The van der Waals surface area contributed by atoms with Gasteiger partial charge >= 0.3 is 6.09 Å². The van der Waals surface area contributed by atoms with Crippen molar-refractivity contribution in [2.45, 2.75) is 19.5 Å². The summed E-state index contributed by atoms with van der Waals surface area (Å²) in [4.78, 5) is 16.8. The molecular formula is C12H13N3O2. The molecule has 0 fully saturated rings. The zero-order valence-electron chi connectivity index (χ0n) is 9.50. The first kappa shape index (κ1) is 10.1. The summed E-state index contributed by atoms with van der Waals surface area (Å²) in [5, 5.41) is 10.1. The predicted octanol–water partition coefficient (Wildman–Crippen LogP) is 2.09. The van der Waals surface area contributed by atoms with Gasteiger partial charge in [-0.3, -0.25) is 0 Å². The van der Waals surface area contributed by atoms with Crippen molar-refractivity contribution in [3.63, 3.8) is 0 Å². The van der Waals surface area contributed by atoms with Crippen LogP contribution in [0.15, 0.2) is 24.4 Å². The lowest BCUT2D eigenvalue weighted by Crippen LogP contribution is -2.39. The van der Waals surface area contributed by atoms with E-state index in [4.69, 9.17) is 5.11 Å². The van der Waals surface area contributed by atoms with Crippen molar-refractivity contribution in [3.05, 3.63) is 30.1 Å². The lowest BCUT2D eigenvalue weighted by Gasteiger charge is -2.31. The molecule has 1 aliphatic rings. The van der Waals surface area contributed by atoms with Crippen LogP contribution in [-0.4, -0.2) is 32.2 Å². The largest absolute Gasteiger partial charge is 0.465 e. The van der Waals surface area contributed by atoms with Gasteiger partial charge in [-0.1, -0.05) is 0 Å². The standard InChI is InChI=1S/C12H13N3O2/c1-8-6-14(12(16)17)7-10-5-9-3-2-4-13-11(9)15(8)10/h2-5,8H,6-7H2,1H3,(H,16,17)/t8-/m1/s1. The third-order valence-corrected chi connectivity index (χ3v) is 3.23. The Morgan fingerprint density at radius 3 is 3.18 bits per heavy atom. The SMILES string of the molecule is C[C@@H]1CN(C(=O)O)Cc2cc3cccnc3n21. The van der Waals surface area contributed by atoms with Gasteiger partial charge < -0.3 is 14.6 Å². The Hall–Kier alpha value is -2.04. The van der Waals surface area contributed by atoms with Crippen molar-refractivity contribution in [2.24, 2.45) is 0 Å². The monoisotopic (exact) mass is 231 g/mol. The number of pyridine rings is 1. The molecule has 0 saturated heterocycles. The molecule has 0 unspecified atom stereocenters. The van der Waals surface area contributed by atoms with Crippen LogP contribution in [0.5, 0.6) is 0 Å². The molecule has 0 aliphatic carbocycles. The zero-order chi connectivity index (χ0) is 12.0. The number of amides is 1. The van der Waals surface area contributed by atoms with E-state index >= 15 is 0 Å². The van der Waals surface area contributed by atoms with Crippen LogP contribution >= 0.6 is 0 Å². The number of rotatable bonds is 0. The maximum Gasteiger partial charge on any atom is 0.407 e. The molecule has 1 amide bonds. The van der Waals surface area contributed by atoms with Crippen LogP contribution in [-0.2, 0) is 6.54 Å². The van der Waals surface area contributed by atoms with Gasteiger partial charge in [-0.15, -0.1) is 0 Å². The van der Waals surface area contributed by atoms with Crippen molar-refractivity contribution in [2.75, 3.05) is 6.54 Å². The van der Waals surface area contributed by atoms with E-state index in [1.165, 1.54) is 4.90 Å². The van der Waals surface area contributed by atoms with E-state index in [-0.39, 0.29) is 6.04 Å². The molecule has 1 aliphatic heterocycles. The van der Waals surface area contributed by atoms with E-state index in [0.29, 0.717) is 13.1 Å². The van der Waals surface area contributed by atoms with E-state index in [1.54, 1.807) is 6.20 Å². The van der Waals surface area contributed by atoms with E-state index in [9.17, 15) is 4.79 Å². The number of carboxylic acid groups (broad SMARTS) is 1. The second kappa shape index (κ2) is 3.48. The van der Waals surface area contributed by atoms with Gasteiger partial charge in [-0.05, 0) is 25.1 Å². The first-order valence-electron chi connectivity index (χ1n) is 5.59. The van der Waals surface area contributed by atoms with E-state index in [2.05, 4.69) is 9.55 Å². The maximum atomic E-state index is 11.0. The molecule has 2 aromatic rings. The molecule has 3 heterocycles. The molecule has 3 rings (SSSR count). The summed E-state index contributed by atoms with van der Waals surface area (Å²) in [5.74, 6) is 0. The van der Waals surface area contributed by atoms with Crippen LogP contribution in [0.3, 0.4) is 0 Å². The van der Waals surface area contributed by atoms with Crippen LogP contribution < -0.4 is 0 Å². The van der Waals surface area contributed by atoms with Gasteiger partial charge in [0.2, 0.25) is 0 Å². The van der Waals surface area contributed by atoms with Crippen molar-refractivity contribution < 1.29 is 9.90 Å². The van der Waals surface area contributed by atoms with Crippen molar-refractivity contribution in [1.82, 2.24) is 14.5 Å². The third-order valence-electron chi connectivity index (χ3n) is 3.23. The lowest BCUT2D eigenvalue weighted by molar-refractivity contribution is 0.125. The number of fused-ring (bicyclic) bond motifs is 3. The van der Waals surface area contributed by atoms with E-state index < -0.39 is 6.09 Å². The van der Waals surface area contributed by atoms with Crippen molar-refractivity contribution >= 4 is 17.1 Å². The summed E-state index contributed by atoms with van der Waals surface area (Å²) >= 11 is 0. The van der Waals surface area contributed by atoms with Gasteiger partial charge in [0.15, 0.2) is 0 Å². The van der Waals surface area contributed by atoms with Gasteiger partial charge in [0.25, 0.3) is 0 Å². The highest BCUT2D eigenvalue weighted by atomic mass is 16.4. The van der Waals surface area contributed by atoms with Gasteiger partial charge in [0.1, 0.15) is 5.65 Å². The van der Waals surface area contributed by atoms with Crippen molar-refractivity contribution in [1.29, 1.82) is 0 Å². The Balaban J connectivity index is 2.15. The number of nitrogens with zero attached hydrogens (tertiary/aromatic N) is 3. The second-order valence-electron chi connectivity index (χ2n) is 4.43. The molecule has 0 radical (unpaired) electrons. The minimum Gasteiger partial charge on any atom is -0.465 e. The first-order chi connectivity index (χ1) is 8.16. The predicted molar refractivity (Wildman–Crippen MR) is 62.9 cm³/mol.